The first-order valence-corrected chi connectivity index (χ1v) is 5.24. The summed E-state index contributed by atoms with van der Waals surface area (Å²) in [5.74, 6) is 6.87. The number of nitrogens with one attached hydrogen (secondary N) is 1. The zero-order valence-electron chi connectivity index (χ0n) is 9.77. The summed E-state index contributed by atoms with van der Waals surface area (Å²) in [6.45, 7) is 3.86. The van der Waals surface area contributed by atoms with Crippen LogP contribution in [0.1, 0.15) is 11.1 Å². The van der Waals surface area contributed by atoms with Crippen LogP contribution in [-0.2, 0) is 0 Å². The first kappa shape index (κ1) is 11.3. The molecule has 0 fully saturated rings. The smallest absolute Gasteiger partial charge is 0.240 e. The van der Waals surface area contributed by atoms with Crippen LogP contribution in [-0.4, -0.2) is 9.97 Å². The van der Waals surface area contributed by atoms with E-state index in [4.69, 9.17) is 10.6 Å². The Morgan fingerprint density at radius 2 is 1.94 bits per heavy atom. The highest BCUT2D eigenvalue weighted by Crippen LogP contribution is 2.25. The van der Waals surface area contributed by atoms with E-state index in [0.717, 1.165) is 16.9 Å². The number of aromatic nitrogens is 2. The predicted molar refractivity (Wildman–Crippen MR) is 65.8 cm³/mol. The van der Waals surface area contributed by atoms with Gasteiger partial charge < -0.3 is 4.74 Å². The van der Waals surface area contributed by atoms with Gasteiger partial charge in [0.1, 0.15) is 5.75 Å². The number of nitrogen functional groups attached to an aromatic ring is 1. The lowest BCUT2D eigenvalue weighted by atomic mass is 10.2. The Morgan fingerprint density at radius 3 is 2.65 bits per heavy atom. The summed E-state index contributed by atoms with van der Waals surface area (Å²) in [6, 6.07) is 7.75. The fourth-order valence-electron chi connectivity index (χ4n) is 1.37. The van der Waals surface area contributed by atoms with Gasteiger partial charge in [0, 0.05) is 11.8 Å². The number of para-hydroxylation sites is 1. The van der Waals surface area contributed by atoms with Crippen molar-refractivity contribution in [3.05, 3.63) is 41.6 Å². The quantitative estimate of drug-likeness (QED) is 0.624. The molecular formula is C12H14N4O. The maximum absolute atomic E-state index is 5.74. The van der Waals surface area contributed by atoms with Gasteiger partial charge in [0.25, 0.3) is 0 Å². The van der Waals surface area contributed by atoms with Crippen molar-refractivity contribution in [2.75, 3.05) is 5.43 Å². The van der Waals surface area contributed by atoms with E-state index in [1.54, 1.807) is 6.20 Å². The van der Waals surface area contributed by atoms with E-state index in [2.05, 4.69) is 15.4 Å². The van der Waals surface area contributed by atoms with Gasteiger partial charge in [-0.25, -0.2) is 10.8 Å². The highest BCUT2D eigenvalue weighted by molar-refractivity contribution is 5.38. The molecule has 0 spiro atoms. The number of hydrogen-bond acceptors (Lipinski definition) is 5. The molecule has 0 bridgehead atoms. The van der Waals surface area contributed by atoms with E-state index in [1.165, 1.54) is 0 Å². The number of rotatable bonds is 3. The van der Waals surface area contributed by atoms with Crippen LogP contribution in [0.4, 0.5) is 5.95 Å². The van der Waals surface area contributed by atoms with Crippen molar-refractivity contribution >= 4 is 5.95 Å². The summed E-state index contributed by atoms with van der Waals surface area (Å²) in [4.78, 5) is 8.15. The lowest BCUT2D eigenvalue weighted by Crippen LogP contribution is -2.11. The molecule has 5 nitrogen and oxygen atoms in total. The summed E-state index contributed by atoms with van der Waals surface area (Å²) in [7, 11) is 0. The number of nitrogens with two attached hydrogens (primary N) is 1. The molecule has 2 rings (SSSR count). The van der Waals surface area contributed by atoms with Crippen LogP contribution in [0.25, 0.3) is 0 Å². The van der Waals surface area contributed by atoms with Crippen LogP contribution in [0, 0.1) is 13.8 Å². The molecule has 5 heteroatoms. The molecular weight excluding hydrogens is 216 g/mol. The number of hydrogen-bond donors (Lipinski definition) is 2. The first-order chi connectivity index (χ1) is 8.20. The Hall–Kier alpha value is -2.14. The largest absolute Gasteiger partial charge is 0.438 e. The van der Waals surface area contributed by atoms with Crippen molar-refractivity contribution < 1.29 is 4.74 Å². The Bertz CT molecular complexity index is 528. The molecule has 0 atom stereocenters. The minimum Gasteiger partial charge on any atom is -0.438 e. The summed E-state index contributed by atoms with van der Waals surface area (Å²) in [6.07, 6.45) is 1.66. The Balaban J connectivity index is 2.32. The first-order valence-electron chi connectivity index (χ1n) is 5.24. The number of anilines is 1. The zero-order valence-corrected chi connectivity index (χ0v) is 9.77. The zero-order chi connectivity index (χ0) is 12.3. The SMILES string of the molecule is Cc1ccccc1Oc1nc(NN)ncc1C. The van der Waals surface area contributed by atoms with Gasteiger partial charge in [-0.2, -0.15) is 4.98 Å². The molecule has 3 N–H and O–H groups in total. The summed E-state index contributed by atoms with van der Waals surface area (Å²) in [5.41, 5.74) is 4.30. The highest BCUT2D eigenvalue weighted by atomic mass is 16.5. The predicted octanol–water partition coefficient (Wildman–Crippen LogP) is 2.17. The number of ether oxygens (including phenoxy) is 1. The number of aryl methyl sites for hydroxylation is 2. The average molecular weight is 230 g/mol. The van der Waals surface area contributed by atoms with Crippen molar-refractivity contribution in [1.82, 2.24) is 9.97 Å². The van der Waals surface area contributed by atoms with Crippen LogP contribution >= 0.6 is 0 Å². The van der Waals surface area contributed by atoms with Gasteiger partial charge in [0.15, 0.2) is 0 Å². The van der Waals surface area contributed by atoms with Gasteiger partial charge in [-0.15, -0.1) is 0 Å². The van der Waals surface area contributed by atoms with Crippen molar-refractivity contribution in [2.45, 2.75) is 13.8 Å². The van der Waals surface area contributed by atoms with Crippen LogP contribution < -0.4 is 16.0 Å². The van der Waals surface area contributed by atoms with E-state index in [0.29, 0.717) is 11.8 Å². The Morgan fingerprint density at radius 1 is 1.18 bits per heavy atom. The number of benzene rings is 1. The lowest BCUT2D eigenvalue weighted by molar-refractivity contribution is 0.455. The molecule has 0 saturated carbocycles. The van der Waals surface area contributed by atoms with Crippen LogP contribution in [0.2, 0.25) is 0 Å². The normalized spacial score (nSPS) is 10.1. The van der Waals surface area contributed by atoms with E-state index < -0.39 is 0 Å². The van der Waals surface area contributed by atoms with Gasteiger partial charge in [0.2, 0.25) is 11.8 Å². The van der Waals surface area contributed by atoms with Crippen molar-refractivity contribution in [3.8, 4) is 11.6 Å². The molecule has 17 heavy (non-hydrogen) atoms. The van der Waals surface area contributed by atoms with Crippen LogP contribution in [0.3, 0.4) is 0 Å². The number of hydrazine groups is 1. The van der Waals surface area contributed by atoms with Crippen molar-refractivity contribution in [2.24, 2.45) is 5.84 Å². The van der Waals surface area contributed by atoms with Gasteiger partial charge in [-0.1, -0.05) is 18.2 Å². The molecule has 0 aliphatic carbocycles. The third-order valence-corrected chi connectivity index (χ3v) is 2.35. The monoisotopic (exact) mass is 230 g/mol. The van der Waals surface area contributed by atoms with E-state index in [9.17, 15) is 0 Å². The fourth-order valence-corrected chi connectivity index (χ4v) is 1.37. The molecule has 0 aliphatic heterocycles. The standard InChI is InChI=1S/C12H14N4O/c1-8-5-3-4-6-10(8)17-11-9(2)7-14-12(15-11)16-13/h3-7H,13H2,1-2H3,(H,14,15,16). The molecule has 0 amide bonds. The van der Waals surface area contributed by atoms with Gasteiger partial charge in [0.05, 0.1) is 0 Å². The summed E-state index contributed by atoms with van der Waals surface area (Å²) >= 11 is 0. The fraction of sp³-hybridized carbons (Fsp3) is 0.167. The molecule has 0 unspecified atom stereocenters. The Labute approximate surface area is 99.6 Å². The molecule has 88 valence electrons. The molecule has 2 aromatic rings. The van der Waals surface area contributed by atoms with Gasteiger partial charge in [-0.3, -0.25) is 5.43 Å². The van der Waals surface area contributed by atoms with Gasteiger partial charge in [-0.05, 0) is 25.5 Å². The maximum Gasteiger partial charge on any atom is 0.240 e. The third kappa shape index (κ3) is 2.51. The van der Waals surface area contributed by atoms with Crippen molar-refractivity contribution in [3.63, 3.8) is 0 Å². The van der Waals surface area contributed by atoms with Crippen LogP contribution in [0.5, 0.6) is 11.6 Å². The van der Waals surface area contributed by atoms with Gasteiger partial charge >= 0.3 is 0 Å². The topological polar surface area (TPSA) is 73.1 Å². The minimum absolute atomic E-state index is 0.333. The third-order valence-electron chi connectivity index (χ3n) is 2.35. The molecule has 0 saturated heterocycles. The molecule has 1 aromatic carbocycles. The average Bonchev–Trinajstić information content (AvgIpc) is 2.35. The van der Waals surface area contributed by atoms with E-state index >= 15 is 0 Å². The molecule has 0 aliphatic rings. The van der Waals surface area contributed by atoms with Crippen molar-refractivity contribution in [1.29, 1.82) is 0 Å². The second-order valence-corrected chi connectivity index (χ2v) is 3.69. The van der Waals surface area contributed by atoms with E-state index in [1.807, 2.05) is 38.1 Å². The molecule has 1 heterocycles. The second-order valence-electron chi connectivity index (χ2n) is 3.69. The lowest BCUT2D eigenvalue weighted by Gasteiger charge is -2.10. The molecule has 0 radical (unpaired) electrons. The molecule has 1 aromatic heterocycles. The highest BCUT2D eigenvalue weighted by Gasteiger charge is 2.07. The minimum atomic E-state index is 0.333. The van der Waals surface area contributed by atoms with E-state index in [-0.39, 0.29) is 0 Å². The number of nitrogens with zero attached hydrogens (tertiary/aromatic N) is 2. The van der Waals surface area contributed by atoms with Crippen LogP contribution in [0.15, 0.2) is 30.5 Å². The summed E-state index contributed by atoms with van der Waals surface area (Å²) in [5, 5.41) is 0. The second kappa shape index (κ2) is 4.80. The maximum atomic E-state index is 5.74. The summed E-state index contributed by atoms with van der Waals surface area (Å²) < 4.78 is 5.74. The Kier molecular flexibility index (Phi) is 3.20.